The maximum atomic E-state index is 10.0. The molecule has 0 aromatic heterocycles. The highest BCUT2D eigenvalue weighted by atomic mass is 16.6. The lowest BCUT2D eigenvalue weighted by Gasteiger charge is -2.30. The summed E-state index contributed by atoms with van der Waals surface area (Å²) >= 11 is 0. The fourth-order valence-corrected chi connectivity index (χ4v) is 5.10. The van der Waals surface area contributed by atoms with E-state index in [2.05, 4.69) is 78.2 Å². The van der Waals surface area contributed by atoms with E-state index in [0.717, 1.165) is 29.9 Å². The molecule has 2 aliphatic rings. The van der Waals surface area contributed by atoms with Gasteiger partial charge in [-0.3, -0.25) is 0 Å². The highest BCUT2D eigenvalue weighted by Gasteiger charge is 2.23. The first-order chi connectivity index (χ1) is 17.1. The number of aliphatic hydroxyl groups excluding tert-OH is 1. The monoisotopic (exact) mass is 457 g/mol. The van der Waals surface area contributed by atoms with Gasteiger partial charge >= 0.3 is 0 Å². The van der Waals surface area contributed by atoms with Crippen LogP contribution in [0.1, 0.15) is 23.6 Å². The third-order valence-corrected chi connectivity index (χ3v) is 6.82. The zero-order valence-electron chi connectivity index (χ0n) is 19.7. The summed E-state index contributed by atoms with van der Waals surface area (Å²) in [6.07, 6.45) is 7.80. The van der Waals surface area contributed by atoms with Crippen LogP contribution in [0.2, 0.25) is 0 Å². The van der Waals surface area contributed by atoms with E-state index in [9.17, 15) is 5.11 Å². The highest BCUT2D eigenvalue weighted by molar-refractivity contribution is 6.08. The van der Waals surface area contributed by atoms with Gasteiger partial charge in [-0.2, -0.15) is 0 Å². The minimum absolute atomic E-state index is 0.569. The van der Waals surface area contributed by atoms with Crippen molar-refractivity contribution in [1.29, 1.82) is 0 Å². The number of allylic oxidation sites excluding steroid dienone is 4. The number of aliphatic hydroxyl groups is 1. The molecule has 35 heavy (non-hydrogen) atoms. The molecule has 0 heterocycles. The van der Waals surface area contributed by atoms with E-state index in [1.807, 2.05) is 30.3 Å². The molecule has 0 aliphatic heterocycles. The summed E-state index contributed by atoms with van der Waals surface area (Å²) in [5, 5.41) is 12.7. The number of nitrogens with zero attached hydrogens (tertiary/aromatic N) is 1. The fraction of sp³-hybridized carbons (Fsp3) is 0.125. The number of rotatable bonds is 6. The number of hydrogen-bond acceptors (Lipinski definition) is 3. The van der Waals surface area contributed by atoms with Gasteiger partial charge in [0, 0.05) is 16.8 Å². The zero-order chi connectivity index (χ0) is 23.9. The predicted molar refractivity (Wildman–Crippen MR) is 145 cm³/mol. The molecule has 0 amide bonds. The molecule has 0 saturated carbocycles. The molecule has 3 heteroatoms. The predicted octanol–water partition coefficient (Wildman–Crippen LogP) is 7.63. The molecule has 0 radical (unpaired) electrons. The Labute approximate surface area is 205 Å². The summed E-state index contributed by atoms with van der Waals surface area (Å²) in [7, 11) is 0. The standard InChI is InChI=1S/C32H27NO2/c1-21(2)32(34)35-27-17-15-26(16-18-27)33(25-9-4-3-5-10-25)29-20-14-24-12-11-22-7-6-8-23-13-19-28(29)31(24)30(22)23/h3-7,9-11,13-20,32,34H,1,8,12H2,2H3. The summed E-state index contributed by atoms with van der Waals surface area (Å²) in [5.74, 6) is 0.600. The van der Waals surface area contributed by atoms with Crippen molar-refractivity contribution in [3.8, 4) is 5.75 Å². The van der Waals surface area contributed by atoms with E-state index < -0.39 is 6.29 Å². The Morgan fingerprint density at radius 2 is 1.63 bits per heavy atom. The molecule has 4 aromatic rings. The first kappa shape index (κ1) is 21.5. The second-order valence-electron chi connectivity index (χ2n) is 9.22. The molecule has 6 rings (SSSR count). The third kappa shape index (κ3) is 3.74. The van der Waals surface area contributed by atoms with Crippen LogP contribution in [0.25, 0.3) is 16.3 Å². The minimum atomic E-state index is -1.02. The first-order valence-electron chi connectivity index (χ1n) is 12.0. The van der Waals surface area contributed by atoms with E-state index in [1.165, 1.54) is 33.0 Å². The van der Waals surface area contributed by atoms with Gasteiger partial charge in [0.15, 0.2) is 0 Å². The van der Waals surface area contributed by atoms with Gasteiger partial charge < -0.3 is 14.7 Å². The maximum Gasteiger partial charge on any atom is 0.219 e. The van der Waals surface area contributed by atoms with Crippen molar-refractivity contribution in [2.75, 3.05) is 4.90 Å². The summed E-state index contributed by atoms with van der Waals surface area (Å²) in [5.41, 5.74) is 9.32. The molecule has 2 aliphatic carbocycles. The van der Waals surface area contributed by atoms with Crippen LogP contribution >= 0.6 is 0 Å². The van der Waals surface area contributed by atoms with E-state index in [-0.39, 0.29) is 0 Å². The molecule has 3 nitrogen and oxygen atoms in total. The number of anilines is 3. The van der Waals surface area contributed by atoms with Gasteiger partial charge in [0.05, 0.1) is 5.69 Å². The molecule has 0 fully saturated rings. The third-order valence-electron chi connectivity index (χ3n) is 6.82. The lowest BCUT2D eigenvalue weighted by Crippen LogP contribution is -2.16. The smallest absolute Gasteiger partial charge is 0.219 e. The Balaban J connectivity index is 1.51. The summed E-state index contributed by atoms with van der Waals surface area (Å²) in [6.45, 7) is 5.51. The van der Waals surface area contributed by atoms with Crippen molar-refractivity contribution < 1.29 is 9.84 Å². The van der Waals surface area contributed by atoms with E-state index in [1.54, 1.807) is 6.92 Å². The Hall–Kier alpha value is -4.08. The molecule has 1 unspecified atom stereocenters. The van der Waals surface area contributed by atoms with Gasteiger partial charge in [0.25, 0.3) is 0 Å². The second-order valence-corrected chi connectivity index (χ2v) is 9.22. The van der Waals surface area contributed by atoms with Crippen molar-refractivity contribution in [3.05, 3.63) is 126 Å². The van der Waals surface area contributed by atoms with Gasteiger partial charge in [-0.15, -0.1) is 0 Å². The van der Waals surface area contributed by atoms with Crippen LogP contribution in [0.3, 0.4) is 0 Å². The van der Waals surface area contributed by atoms with Gasteiger partial charge in [-0.25, -0.2) is 0 Å². The molecular weight excluding hydrogens is 430 g/mol. The lowest BCUT2D eigenvalue weighted by molar-refractivity contribution is 0.0151. The van der Waals surface area contributed by atoms with Crippen LogP contribution in [0, 0.1) is 0 Å². The largest absolute Gasteiger partial charge is 0.461 e. The van der Waals surface area contributed by atoms with Crippen LogP contribution < -0.4 is 9.64 Å². The Bertz CT molecular complexity index is 1500. The van der Waals surface area contributed by atoms with Crippen molar-refractivity contribution in [2.45, 2.75) is 26.1 Å². The minimum Gasteiger partial charge on any atom is -0.461 e. The molecule has 1 atom stereocenters. The van der Waals surface area contributed by atoms with Crippen molar-refractivity contribution in [1.82, 2.24) is 0 Å². The number of ether oxygens (including phenoxy) is 1. The SMILES string of the molecule is C=C(C)C(O)Oc1ccc(N(c2ccccc2)c2ccc3c4c5c(ccc24)CC=CC5=CC3)cc1. The van der Waals surface area contributed by atoms with Crippen molar-refractivity contribution in [3.63, 3.8) is 0 Å². The van der Waals surface area contributed by atoms with Crippen LogP contribution in [0.5, 0.6) is 5.75 Å². The second kappa shape index (κ2) is 8.61. The topological polar surface area (TPSA) is 32.7 Å². The molecule has 0 bridgehead atoms. The molecule has 0 saturated heterocycles. The number of benzene rings is 4. The van der Waals surface area contributed by atoms with Crippen LogP contribution in [0.15, 0.2) is 109 Å². The zero-order valence-corrected chi connectivity index (χ0v) is 19.7. The van der Waals surface area contributed by atoms with E-state index >= 15 is 0 Å². The fourth-order valence-electron chi connectivity index (χ4n) is 5.10. The molecule has 0 spiro atoms. The van der Waals surface area contributed by atoms with Crippen molar-refractivity contribution >= 4 is 33.4 Å². The lowest BCUT2D eigenvalue weighted by atomic mass is 9.81. The molecular formula is C32H27NO2. The molecule has 1 N–H and O–H groups in total. The summed E-state index contributed by atoms with van der Waals surface area (Å²) in [6, 6.07) is 27.4. The van der Waals surface area contributed by atoms with Gasteiger partial charge in [-0.05, 0) is 95.5 Å². The van der Waals surface area contributed by atoms with Crippen LogP contribution in [0.4, 0.5) is 17.1 Å². The van der Waals surface area contributed by atoms with E-state index in [0.29, 0.717) is 11.3 Å². The van der Waals surface area contributed by atoms with Gasteiger partial charge in [-0.1, -0.05) is 61.2 Å². The van der Waals surface area contributed by atoms with E-state index in [4.69, 9.17) is 4.74 Å². The Kier molecular flexibility index (Phi) is 5.28. The number of hydrogen-bond donors (Lipinski definition) is 1. The van der Waals surface area contributed by atoms with Gasteiger partial charge in [0.1, 0.15) is 5.75 Å². The maximum absolute atomic E-state index is 10.0. The Morgan fingerprint density at radius 1 is 0.886 bits per heavy atom. The first-order valence-corrected chi connectivity index (χ1v) is 12.0. The number of para-hydroxylation sites is 1. The van der Waals surface area contributed by atoms with Crippen LogP contribution in [-0.4, -0.2) is 11.4 Å². The Morgan fingerprint density at radius 3 is 2.40 bits per heavy atom. The normalized spacial score (nSPS) is 14.4. The van der Waals surface area contributed by atoms with Crippen molar-refractivity contribution in [2.24, 2.45) is 0 Å². The highest BCUT2D eigenvalue weighted by Crippen LogP contribution is 2.45. The average molecular weight is 458 g/mol. The summed E-state index contributed by atoms with van der Waals surface area (Å²) < 4.78 is 5.61. The average Bonchev–Trinajstić information content (AvgIpc) is 2.89. The molecule has 4 aromatic carbocycles. The van der Waals surface area contributed by atoms with Gasteiger partial charge in [0.2, 0.25) is 6.29 Å². The summed E-state index contributed by atoms with van der Waals surface area (Å²) in [4.78, 5) is 2.29. The molecule has 172 valence electrons. The van der Waals surface area contributed by atoms with Crippen LogP contribution in [-0.2, 0) is 12.8 Å². The quantitative estimate of drug-likeness (QED) is 0.239.